The first kappa shape index (κ1) is 11.9. The molecule has 0 aliphatic carbocycles. The van der Waals surface area contributed by atoms with Crippen molar-refractivity contribution in [2.45, 2.75) is 20.0 Å². The smallest absolute Gasteiger partial charge is 0.208 e. The van der Waals surface area contributed by atoms with Crippen LogP contribution in [0.4, 0.5) is 0 Å². The molecule has 0 spiro atoms. The molecular formula is C14H16N4O. The van der Waals surface area contributed by atoms with Gasteiger partial charge in [0.05, 0.1) is 30.3 Å². The quantitative estimate of drug-likeness (QED) is 0.777. The van der Waals surface area contributed by atoms with Gasteiger partial charge in [0.2, 0.25) is 5.89 Å². The highest BCUT2D eigenvalue weighted by Crippen LogP contribution is 2.14. The van der Waals surface area contributed by atoms with E-state index in [1.807, 2.05) is 32.2 Å². The van der Waals surface area contributed by atoms with Gasteiger partial charge in [0.15, 0.2) is 0 Å². The van der Waals surface area contributed by atoms with Crippen LogP contribution in [0.15, 0.2) is 34.9 Å². The lowest BCUT2D eigenvalue weighted by molar-refractivity contribution is 0.446. The molecule has 0 unspecified atom stereocenters. The molecule has 98 valence electrons. The van der Waals surface area contributed by atoms with Gasteiger partial charge in [-0.1, -0.05) is 12.1 Å². The van der Waals surface area contributed by atoms with Gasteiger partial charge in [0, 0.05) is 7.05 Å². The molecule has 0 saturated heterocycles. The van der Waals surface area contributed by atoms with E-state index in [-0.39, 0.29) is 0 Å². The first-order valence-corrected chi connectivity index (χ1v) is 6.26. The Labute approximate surface area is 111 Å². The van der Waals surface area contributed by atoms with Crippen LogP contribution in [-0.2, 0) is 20.1 Å². The molecular weight excluding hydrogens is 240 g/mol. The third-order valence-electron chi connectivity index (χ3n) is 3.11. The van der Waals surface area contributed by atoms with Crippen molar-refractivity contribution < 1.29 is 4.42 Å². The summed E-state index contributed by atoms with van der Waals surface area (Å²) in [5.41, 5.74) is 2.17. The summed E-state index contributed by atoms with van der Waals surface area (Å²) < 4.78 is 7.51. The highest BCUT2D eigenvalue weighted by atomic mass is 16.4. The summed E-state index contributed by atoms with van der Waals surface area (Å²) in [7, 11) is 2.03. The van der Waals surface area contributed by atoms with Crippen LogP contribution in [0.5, 0.6) is 0 Å². The van der Waals surface area contributed by atoms with E-state index < -0.39 is 0 Å². The molecule has 3 rings (SSSR count). The Kier molecular flexibility index (Phi) is 3.05. The van der Waals surface area contributed by atoms with Crippen molar-refractivity contribution in [1.82, 2.24) is 19.9 Å². The molecule has 2 heterocycles. The summed E-state index contributed by atoms with van der Waals surface area (Å²) >= 11 is 0. The van der Waals surface area contributed by atoms with E-state index in [9.17, 15) is 0 Å². The van der Waals surface area contributed by atoms with Crippen molar-refractivity contribution in [2.24, 2.45) is 7.05 Å². The largest absolute Gasteiger partial charge is 0.445 e. The minimum Gasteiger partial charge on any atom is -0.445 e. The Morgan fingerprint density at radius 3 is 2.84 bits per heavy atom. The number of hydrogen-bond donors (Lipinski definition) is 1. The van der Waals surface area contributed by atoms with Crippen LogP contribution in [0, 0.1) is 6.92 Å². The van der Waals surface area contributed by atoms with E-state index in [0.717, 1.165) is 22.6 Å². The molecule has 1 N–H and O–H groups in total. The van der Waals surface area contributed by atoms with Crippen molar-refractivity contribution in [3.8, 4) is 0 Å². The van der Waals surface area contributed by atoms with E-state index in [1.54, 1.807) is 6.20 Å². The summed E-state index contributed by atoms with van der Waals surface area (Å²) in [5, 5.41) is 3.29. The molecule has 0 amide bonds. The van der Waals surface area contributed by atoms with Gasteiger partial charge < -0.3 is 14.3 Å². The second kappa shape index (κ2) is 4.85. The van der Waals surface area contributed by atoms with Gasteiger partial charge >= 0.3 is 0 Å². The Hall–Kier alpha value is -2.14. The van der Waals surface area contributed by atoms with Crippen molar-refractivity contribution in [1.29, 1.82) is 0 Å². The van der Waals surface area contributed by atoms with Crippen LogP contribution in [0.25, 0.3) is 11.0 Å². The Balaban J connectivity index is 1.70. The van der Waals surface area contributed by atoms with E-state index in [2.05, 4.69) is 25.9 Å². The molecule has 0 atom stereocenters. The van der Waals surface area contributed by atoms with Gasteiger partial charge in [-0.25, -0.2) is 9.97 Å². The Bertz CT molecular complexity index is 698. The fraction of sp³-hybridized carbons (Fsp3) is 0.286. The Morgan fingerprint density at radius 2 is 2.11 bits per heavy atom. The highest BCUT2D eigenvalue weighted by Gasteiger charge is 2.07. The predicted octanol–water partition coefficient (Wildman–Crippen LogP) is 2.16. The molecule has 0 bridgehead atoms. The van der Waals surface area contributed by atoms with E-state index in [1.165, 1.54) is 0 Å². The zero-order valence-corrected chi connectivity index (χ0v) is 11.1. The number of imidazole rings is 1. The van der Waals surface area contributed by atoms with Gasteiger partial charge in [0.25, 0.3) is 0 Å². The van der Waals surface area contributed by atoms with Crippen LogP contribution < -0.4 is 5.32 Å². The first-order valence-electron chi connectivity index (χ1n) is 6.26. The standard InChI is InChI=1S/C14H16N4O/c1-10-7-16-14(19-10)9-15-8-13-17-11-5-3-4-6-12(11)18(13)2/h3-7,15H,8-9H2,1-2H3. The maximum atomic E-state index is 5.41. The zero-order valence-electron chi connectivity index (χ0n) is 11.1. The number of para-hydroxylation sites is 2. The predicted molar refractivity (Wildman–Crippen MR) is 72.5 cm³/mol. The van der Waals surface area contributed by atoms with E-state index in [0.29, 0.717) is 19.0 Å². The molecule has 2 aromatic heterocycles. The number of nitrogens with one attached hydrogen (secondary N) is 1. The summed E-state index contributed by atoms with van der Waals surface area (Å²) in [5.74, 6) is 2.54. The maximum Gasteiger partial charge on any atom is 0.208 e. The monoisotopic (exact) mass is 256 g/mol. The van der Waals surface area contributed by atoms with E-state index >= 15 is 0 Å². The number of aromatic nitrogens is 3. The van der Waals surface area contributed by atoms with Crippen LogP contribution >= 0.6 is 0 Å². The third-order valence-corrected chi connectivity index (χ3v) is 3.11. The van der Waals surface area contributed by atoms with Crippen molar-refractivity contribution in [2.75, 3.05) is 0 Å². The average molecular weight is 256 g/mol. The minimum atomic E-state index is 0.608. The number of fused-ring (bicyclic) bond motifs is 1. The number of rotatable bonds is 4. The SMILES string of the molecule is Cc1cnc(CNCc2nc3ccccc3n2C)o1. The molecule has 0 aliphatic rings. The van der Waals surface area contributed by atoms with Gasteiger partial charge in [-0.05, 0) is 19.1 Å². The van der Waals surface area contributed by atoms with Gasteiger partial charge in [-0.2, -0.15) is 0 Å². The number of benzene rings is 1. The molecule has 0 aliphatic heterocycles. The molecule has 3 aromatic rings. The lowest BCUT2D eigenvalue weighted by atomic mass is 10.3. The molecule has 5 heteroatoms. The number of aryl methyl sites for hydroxylation is 2. The first-order chi connectivity index (χ1) is 9.24. The molecule has 1 aromatic carbocycles. The zero-order chi connectivity index (χ0) is 13.2. The van der Waals surface area contributed by atoms with Crippen LogP contribution in [0.2, 0.25) is 0 Å². The number of nitrogens with zero attached hydrogens (tertiary/aromatic N) is 3. The highest BCUT2D eigenvalue weighted by molar-refractivity contribution is 5.75. The lowest BCUT2D eigenvalue weighted by Crippen LogP contribution is -2.15. The molecule has 0 radical (unpaired) electrons. The summed E-state index contributed by atoms with van der Waals surface area (Å²) in [4.78, 5) is 8.75. The van der Waals surface area contributed by atoms with Gasteiger partial charge in [0.1, 0.15) is 11.6 Å². The minimum absolute atomic E-state index is 0.608. The fourth-order valence-corrected chi connectivity index (χ4v) is 2.12. The fourth-order valence-electron chi connectivity index (χ4n) is 2.12. The summed E-state index contributed by atoms with van der Waals surface area (Å²) in [6.45, 7) is 3.19. The van der Waals surface area contributed by atoms with Crippen LogP contribution in [0.1, 0.15) is 17.5 Å². The normalized spacial score (nSPS) is 11.3. The summed E-state index contributed by atoms with van der Waals surface area (Å²) in [6.07, 6.45) is 1.73. The van der Waals surface area contributed by atoms with Crippen molar-refractivity contribution >= 4 is 11.0 Å². The maximum absolute atomic E-state index is 5.41. The average Bonchev–Trinajstić information content (AvgIpc) is 2.96. The summed E-state index contributed by atoms with van der Waals surface area (Å²) in [6, 6.07) is 8.12. The van der Waals surface area contributed by atoms with E-state index in [4.69, 9.17) is 4.42 Å². The van der Waals surface area contributed by atoms with Crippen molar-refractivity contribution in [3.63, 3.8) is 0 Å². The molecule has 0 fully saturated rings. The second-order valence-electron chi connectivity index (χ2n) is 4.54. The van der Waals surface area contributed by atoms with Crippen LogP contribution in [0.3, 0.4) is 0 Å². The third kappa shape index (κ3) is 2.37. The lowest BCUT2D eigenvalue weighted by Gasteiger charge is -2.03. The van der Waals surface area contributed by atoms with Gasteiger partial charge in [-0.15, -0.1) is 0 Å². The number of hydrogen-bond acceptors (Lipinski definition) is 4. The molecule has 19 heavy (non-hydrogen) atoms. The van der Waals surface area contributed by atoms with Gasteiger partial charge in [-0.3, -0.25) is 0 Å². The topological polar surface area (TPSA) is 55.9 Å². The second-order valence-corrected chi connectivity index (χ2v) is 4.54. The Morgan fingerprint density at radius 1 is 1.26 bits per heavy atom. The van der Waals surface area contributed by atoms with Crippen LogP contribution in [-0.4, -0.2) is 14.5 Å². The molecule has 5 nitrogen and oxygen atoms in total. The number of oxazole rings is 1. The molecule has 0 saturated carbocycles. The van der Waals surface area contributed by atoms with Crippen molar-refractivity contribution in [3.05, 3.63) is 47.9 Å².